The van der Waals surface area contributed by atoms with Crippen LogP contribution in [0.2, 0.25) is 10.0 Å². The fourth-order valence-corrected chi connectivity index (χ4v) is 6.28. The molecule has 0 N–H and O–H groups in total. The quantitative estimate of drug-likeness (QED) is 0.154. The molecule has 47 heavy (non-hydrogen) atoms. The van der Waals surface area contributed by atoms with Crippen molar-refractivity contribution in [2.75, 3.05) is 14.7 Å². The third-order valence-corrected chi connectivity index (χ3v) is 8.44. The van der Waals surface area contributed by atoms with Gasteiger partial charge in [-0.3, -0.25) is 0 Å². The summed E-state index contributed by atoms with van der Waals surface area (Å²) in [6, 6.07) is 64.0. The van der Waals surface area contributed by atoms with Crippen LogP contribution >= 0.6 is 23.2 Å². The molecule has 0 bridgehead atoms. The summed E-state index contributed by atoms with van der Waals surface area (Å²) in [6.07, 6.45) is 0. The van der Waals surface area contributed by atoms with Gasteiger partial charge in [-0.2, -0.15) is 0 Å². The second kappa shape index (κ2) is 13.9. The van der Waals surface area contributed by atoms with E-state index >= 15 is 0 Å². The fraction of sp³-hybridized carbons (Fsp3) is 0. The lowest BCUT2D eigenvalue weighted by Gasteiger charge is -2.31. The molecule has 3 nitrogen and oxygen atoms in total. The van der Waals surface area contributed by atoms with Crippen molar-refractivity contribution >= 4 is 74.4 Å². The summed E-state index contributed by atoms with van der Waals surface area (Å²) in [4.78, 5) is 6.62. The molecule has 7 aromatic rings. The minimum absolute atomic E-state index is 0.628. The third-order valence-electron chi connectivity index (χ3n) is 7.90. The number of anilines is 9. The number of rotatable bonds is 9. The molecule has 228 valence electrons. The van der Waals surface area contributed by atoms with Crippen molar-refractivity contribution in [3.8, 4) is 0 Å². The van der Waals surface area contributed by atoms with Gasteiger partial charge < -0.3 is 14.7 Å². The Bertz CT molecular complexity index is 2030. The van der Waals surface area contributed by atoms with Crippen LogP contribution < -0.4 is 14.7 Å². The molecule has 0 fully saturated rings. The number of hydrogen-bond acceptors (Lipinski definition) is 3. The Morgan fingerprint density at radius 1 is 0.277 bits per heavy atom. The molecule has 0 saturated carbocycles. The minimum atomic E-state index is 0.628. The maximum atomic E-state index is 7.26. The Morgan fingerprint density at radius 3 is 1.11 bits per heavy atom. The van der Waals surface area contributed by atoms with Crippen LogP contribution in [0.25, 0.3) is 0 Å². The van der Waals surface area contributed by atoms with E-state index in [1.165, 1.54) is 0 Å². The summed E-state index contributed by atoms with van der Waals surface area (Å²) in [5.74, 6) is 0. The predicted molar refractivity (Wildman–Crippen MR) is 201 cm³/mol. The van der Waals surface area contributed by atoms with E-state index in [1.807, 2.05) is 97.1 Å². The predicted octanol–water partition coefficient (Wildman–Crippen LogP) is 13.4. The second-order valence-electron chi connectivity index (χ2n) is 11.0. The van der Waals surface area contributed by atoms with E-state index in [9.17, 15) is 0 Å². The lowest BCUT2D eigenvalue weighted by molar-refractivity contribution is 1.24. The summed E-state index contributed by atoms with van der Waals surface area (Å²) >= 11 is 13.7. The van der Waals surface area contributed by atoms with E-state index in [1.54, 1.807) is 0 Å². The summed E-state index contributed by atoms with van der Waals surface area (Å²) < 4.78 is 0. The van der Waals surface area contributed by atoms with Crippen molar-refractivity contribution in [1.29, 1.82) is 0 Å². The number of para-hydroxylation sites is 4. The molecule has 0 heterocycles. The summed E-state index contributed by atoms with van der Waals surface area (Å²) in [5.41, 5.74) is 8.89. The van der Waals surface area contributed by atoms with Crippen LogP contribution in [-0.4, -0.2) is 0 Å². The lowest BCUT2D eigenvalue weighted by atomic mass is 10.1. The Labute approximate surface area is 286 Å². The van der Waals surface area contributed by atoms with Gasteiger partial charge in [-0.1, -0.05) is 108 Å². The third kappa shape index (κ3) is 6.59. The van der Waals surface area contributed by atoms with Crippen LogP contribution in [0, 0.1) is 0 Å². The first-order valence-corrected chi connectivity index (χ1v) is 16.2. The average molecular weight is 649 g/mol. The van der Waals surface area contributed by atoms with E-state index in [4.69, 9.17) is 23.2 Å². The zero-order valence-electron chi connectivity index (χ0n) is 25.5. The van der Waals surface area contributed by atoms with Gasteiger partial charge in [0.05, 0.1) is 10.7 Å². The number of halogens is 2. The molecule has 0 aliphatic carbocycles. The molecule has 0 aromatic heterocycles. The van der Waals surface area contributed by atoms with Crippen molar-refractivity contribution in [2.45, 2.75) is 0 Å². The Morgan fingerprint density at radius 2 is 0.638 bits per heavy atom. The van der Waals surface area contributed by atoms with Gasteiger partial charge in [0.15, 0.2) is 0 Å². The molecule has 0 aliphatic heterocycles. The topological polar surface area (TPSA) is 9.72 Å². The van der Waals surface area contributed by atoms with Crippen molar-refractivity contribution in [1.82, 2.24) is 0 Å². The minimum Gasteiger partial charge on any atom is -0.310 e. The van der Waals surface area contributed by atoms with E-state index < -0.39 is 0 Å². The van der Waals surface area contributed by atoms with Gasteiger partial charge in [-0.05, 0) is 103 Å². The zero-order valence-corrected chi connectivity index (χ0v) is 27.0. The SMILES string of the molecule is Clc1cccc(N(c2ccccc2)c2cccc(N(c3ccccc3)c3ccc(N(c4ccccc4)c4ccccc4)cc3Cl)c2)c1. The average Bonchev–Trinajstić information content (AvgIpc) is 3.12. The molecule has 0 radical (unpaired) electrons. The van der Waals surface area contributed by atoms with E-state index in [0.717, 1.165) is 51.2 Å². The van der Waals surface area contributed by atoms with Crippen molar-refractivity contribution in [3.05, 3.63) is 198 Å². The lowest BCUT2D eigenvalue weighted by Crippen LogP contribution is -2.14. The van der Waals surface area contributed by atoms with Crippen molar-refractivity contribution < 1.29 is 0 Å². The van der Waals surface area contributed by atoms with Gasteiger partial charge in [0.1, 0.15) is 0 Å². The first kappa shape index (κ1) is 30.2. The van der Waals surface area contributed by atoms with Crippen molar-refractivity contribution in [3.63, 3.8) is 0 Å². The van der Waals surface area contributed by atoms with E-state index in [2.05, 4.69) is 106 Å². The summed E-state index contributed by atoms with van der Waals surface area (Å²) in [5, 5.41) is 1.31. The van der Waals surface area contributed by atoms with Gasteiger partial charge in [0, 0.05) is 50.5 Å². The normalized spacial score (nSPS) is 10.8. The largest absolute Gasteiger partial charge is 0.310 e. The van der Waals surface area contributed by atoms with Crippen LogP contribution in [0.15, 0.2) is 188 Å². The Balaban J connectivity index is 1.35. The fourth-order valence-electron chi connectivity index (χ4n) is 5.83. The van der Waals surface area contributed by atoms with Gasteiger partial charge in [-0.15, -0.1) is 0 Å². The first-order valence-electron chi connectivity index (χ1n) is 15.4. The molecule has 7 rings (SSSR count). The van der Waals surface area contributed by atoms with Gasteiger partial charge >= 0.3 is 0 Å². The molecule has 0 amide bonds. The smallest absolute Gasteiger partial charge is 0.0667 e. The van der Waals surface area contributed by atoms with Crippen LogP contribution in [0.4, 0.5) is 51.2 Å². The van der Waals surface area contributed by atoms with Gasteiger partial charge in [0.2, 0.25) is 0 Å². The molecule has 0 saturated heterocycles. The highest BCUT2D eigenvalue weighted by molar-refractivity contribution is 6.34. The van der Waals surface area contributed by atoms with E-state index in [-0.39, 0.29) is 0 Å². The maximum Gasteiger partial charge on any atom is 0.0667 e. The highest BCUT2D eigenvalue weighted by Crippen LogP contribution is 2.45. The van der Waals surface area contributed by atoms with Crippen LogP contribution in [0.3, 0.4) is 0 Å². The number of benzene rings is 7. The first-order chi connectivity index (χ1) is 23.2. The molecule has 7 aromatic carbocycles. The van der Waals surface area contributed by atoms with E-state index in [0.29, 0.717) is 10.0 Å². The van der Waals surface area contributed by atoms with Crippen LogP contribution in [0.5, 0.6) is 0 Å². The molecule has 0 aliphatic rings. The molecular weight excluding hydrogens is 617 g/mol. The Kier molecular flexibility index (Phi) is 8.92. The molecule has 0 atom stereocenters. The molecule has 0 unspecified atom stereocenters. The van der Waals surface area contributed by atoms with Crippen molar-refractivity contribution in [2.24, 2.45) is 0 Å². The highest BCUT2D eigenvalue weighted by Gasteiger charge is 2.21. The molecular formula is C42H31Cl2N3. The zero-order chi connectivity index (χ0) is 32.0. The monoisotopic (exact) mass is 647 g/mol. The maximum absolute atomic E-state index is 7.26. The highest BCUT2D eigenvalue weighted by atomic mass is 35.5. The van der Waals surface area contributed by atoms with Gasteiger partial charge in [-0.25, -0.2) is 0 Å². The van der Waals surface area contributed by atoms with Gasteiger partial charge in [0.25, 0.3) is 0 Å². The molecule has 0 spiro atoms. The Hall–Kier alpha value is -5.48. The summed E-state index contributed by atoms with van der Waals surface area (Å²) in [6.45, 7) is 0. The number of hydrogen-bond donors (Lipinski definition) is 0. The standard InChI is InChI=1S/C42H31Cl2N3/c43-32-15-13-24-37(29-32)46(35-20-9-3-10-21-35)38-25-14-26-39(30-38)47(36-22-11-4-12-23-36)42-28-27-40(31-41(42)44)45(33-16-5-1-6-17-33)34-18-7-2-8-19-34/h1-31H. The van der Waals surface area contributed by atoms with Crippen LogP contribution in [0.1, 0.15) is 0 Å². The number of nitrogens with zero attached hydrogens (tertiary/aromatic N) is 3. The second-order valence-corrected chi connectivity index (χ2v) is 11.8. The van der Waals surface area contributed by atoms with Crippen LogP contribution in [-0.2, 0) is 0 Å². The molecule has 5 heteroatoms. The summed E-state index contributed by atoms with van der Waals surface area (Å²) in [7, 11) is 0.